The summed E-state index contributed by atoms with van der Waals surface area (Å²) in [7, 11) is 0. The summed E-state index contributed by atoms with van der Waals surface area (Å²) in [5.41, 5.74) is 2.46. The van der Waals surface area contributed by atoms with Crippen molar-refractivity contribution in [1.29, 1.82) is 0 Å². The lowest BCUT2D eigenvalue weighted by Gasteiger charge is -2.37. The SMILES string of the molecule is C=C(/C=C\C=C/C(/C=C\C(=CC)C(=O)O)C1/C=C\C=CC(=C)C(C)C2C=CC(C(=O)O)=CC21)C(C)C. The monoisotopic (exact) mass is 486 g/mol. The molecule has 5 unspecified atom stereocenters. The number of carboxylic acid groups (broad SMARTS) is 2. The minimum absolute atomic E-state index is 0.0409. The van der Waals surface area contributed by atoms with Crippen LogP contribution < -0.4 is 0 Å². The summed E-state index contributed by atoms with van der Waals surface area (Å²) in [5.74, 6) is -1.91. The van der Waals surface area contributed by atoms with E-state index in [0.717, 1.165) is 11.1 Å². The van der Waals surface area contributed by atoms with Crippen LogP contribution in [0.5, 0.6) is 0 Å². The lowest BCUT2D eigenvalue weighted by atomic mass is 9.67. The number of hydrogen-bond acceptors (Lipinski definition) is 2. The summed E-state index contributed by atoms with van der Waals surface area (Å²) in [6.07, 6.45) is 26.5. The molecule has 2 aliphatic rings. The van der Waals surface area contributed by atoms with Gasteiger partial charge >= 0.3 is 11.9 Å². The predicted octanol–water partition coefficient (Wildman–Crippen LogP) is 7.26. The van der Waals surface area contributed by atoms with Gasteiger partial charge in [0.05, 0.1) is 11.1 Å². The van der Waals surface area contributed by atoms with Crippen LogP contribution in [0.3, 0.4) is 0 Å². The standard InChI is InChI=1S/C32H38O4/c1-7-25(31(33)34)16-17-26(14-10-8-12-22(4)21(2)3)29-15-11-9-13-23(5)24(6)28-19-18-27(32(35)36)20-30(28)29/h7-21,24,26,28-30H,4-5H2,1-3,6H3,(H,33,34)(H,35,36)/b12-8-,13-9?,14-10-,15-11-,17-16-,25-7?. The van der Waals surface area contributed by atoms with Gasteiger partial charge in [-0.2, -0.15) is 0 Å². The zero-order valence-corrected chi connectivity index (χ0v) is 21.7. The van der Waals surface area contributed by atoms with E-state index < -0.39 is 11.9 Å². The fourth-order valence-electron chi connectivity index (χ4n) is 4.40. The zero-order chi connectivity index (χ0) is 26.8. The molecular weight excluding hydrogens is 448 g/mol. The van der Waals surface area contributed by atoms with E-state index in [9.17, 15) is 19.8 Å². The van der Waals surface area contributed by atoms with Crippen LogP contribution in [0.4, 0.5) is 0 Å². The highest BCUT2D eigenvalue weighted by Crippen LogP contribution is 2.42. The van der Waals surface area contributed by atoms with Crippen molar-refractivity contribution >= 4 is 11.9 Å². The van der Waals surface area contributed by atoms with Gasteiger partial charge in [-0.3, -0.25) is 0 Å². The average molecular weight is 487 g/mol. The molecule has 0 radical (unpaired) electrons. The summed E-state index contributed by atoms with van der Waals surface area (Å²) in [4.78, 5) is 23.5. The van der Waals surface area contributed by atoms with E-state index in [1.54, 1.807) is 25.2 Å². The third-order valence-electron chi connectivity index (χ3n) is 6.92. The van der Waals surface area contributed by atoms with Crippen molar-refractivity contribution in [3.05, 3.63) is 121 Å². The van der Waals surface area contributed by atoms with Gasteiger partial charge in [0, 0.05) is 5.92 Å². The van der Waals surface area contributed by atoms with Crippen LogP contribution in [-0.2, 0) is 9.59 Å². The third-order valence-corrected chi connectivity index (χ3v) is 6.92. The Kier molecular flexibility index (Phi) is 10.7. The normalized spacial score (nSPS) is 26.5. The van der Waals surface area contributed by atoms with Gasteiger partial charge in [0.25, 0.3) is 0 Å². The van der Waals surface area contributed by atoms with E-state index >= 15 is 0 Å². The topological polar surface area (TPSA) is 74.6 Å². The van der Waals surface area contributed by atoms with Gasteiger partial charge in [-0.1, -0.05) is 130 Å². The summed E-state index contributed by atoms with van der Waals surface area (Å²) in [6.45, 7) is 16.3. The number of carboxylic acids is 2. The number of rotatable bonds is 9. The van der Waals surface area contributed by atoms with E-state index in [-0.39, 0.29) is 40.7 Å². The van der Waals surface area contributed by atoms with Gasteiger partial charge in [-0.15, -0.1) is 0 Å². The Morgan fingerprint density at radius 3 is 2.33 bits per heavy atom. The predicted molar refractivity (Wildman–Crippen MR) is 148 cm³/mol. The molecule has 36 heavy (non-hydrogen) atoms. The molecule has 0 heterocycles. The molecule has 0 bridgehead atoms. The summed E-state index contributed by atoms with van der Waals surface area (Å²) >= 11 is 0. The van der Waals surface area contributed by atoms with Gasteiger partial charge in [0.2, 0.25) is 0 Å². The molecule has 2 aliphatic carbocycles. The second-order valence-corrected chi connectivity index (χ2v) is 9.59. The molecule has 0 spiro atoms. The molecule has 2 N–H and O–H groups in total. The molecule has 0 saturated heterocycles. The Balaban J connectivity index is 2.60. The first kappa shape index (κ1) is 28.6. The van der Waals surface area contributed by atoms with E-state index in [2.05, 4.69) is 40.0 Å². The lowest BCUT2D eigenvalue weighted by Crippen LogP contribution is -2.31. The highest BCUT2D eigenvalue weighted by atomic mass is 16.4. The molecule has 190 valence electrons. The number of fused-ring (bicyclic) bond motifs is 1. The molecule has 0 saturated carbocycles. The molecule has 0 aliphatic heterocycles. The van der Waals surface area contributed by atoms with Crippen molar-refractivity contribution in [1.82, 2.24) is 0 Å². The quantitative estimate of drug-likeness (QED) is 0.266. The van der Waals surface area contributed by atoms with Gasteiger partial charge < -0.3 is 10.2 Å². The van der Waals surface area contributed by atoms with Crippen LogP contribution in [0.1, 0.15) is 27.7 Å². The Morgan fingerprint density at radius 2 is 1.72 bits per heavy atom. The van der Waals surface area contributed by atoms with E-state index in [0.29, 0.717) is 5.92 Å². The largest absolute Gasteiger partial charge is 0.478 e. The molecule has 0 aromatic carbocycles. The first-order chi connectivity index (χ1) is 17.1. The van der Waals surface area contributed by atoms with Crippen LogP contribution in [0.2, 0.25) is 0 Å². The van der Waals surface area contributed by atoms with E-state index in [1.807, 2.05) is 60.8 Å². The van der Waals surface area contributed by atoms with Crippen molar-refractivity contribution in [2.24, 2.45) is 35.5 Å². The second-order valence-electron chi connectivity index (χ2n) is 9.59. The highest BCUT2D eigenvalue weighted by Gasteiger charge is 2.35. The first-order valence-electron chi connectivity index (χ1n) is 12.3. The second kappa shape index (κ2) is 13.4. The highest BCUT2D eigenvalue weighted by molar-refractivity contribution is 5.90. The Bertz CT molecular complexity index is 1100. The maximum atomic E-state index is 11.8. The Hall–Kier alpha value is -3.66. The number of aliphatic carboxylic acids is 2. The maximum Gasteiger partial charge on any atom is 0.335 e. The summed E-state index contributed by atoms with van der Waals surface area (Å²) < 4.78 is 0. The van der Waals surface area contributed by atoms with Crippen LogP contribution in [0.15, 0.2) is 121 Å². The minimum Gasteiger partial charge on any atom is -0.478 e. The van der Waals surface area contributed by atoms with Crippen molar-refractivity contribution in [3.63, 3.8) is 0 Å². The molecule has 0 fully saturated rings. The molecular formula is C32H38O4. The molecule has 0 amide bonds. The van der Waals surface area contributed by atoms with Gasteiger partial charge in [-0.05, 0) is 36.5 Å². The maximum absolute atomic E-state index is 11.8. The van der Waals surface area contributed by atoms with Crippen LogP contribution in [0, 0.1) is 35.5 Å². The van der Waals surface area contributed by atoms with E-state index in [1.165, 1.54) is 0 Å². The average Bonchev–Trinajstić information content (AvgIpc) is 2.89. The van der Waals surface area contributed by atoms with Crippen molar-refractivity contribution in [2.75, 3.05) is 0 Å². The van der Waals surface area contributed by atoms with E-state index in [4.69, 9.17) is 0 Å². The molecule has 0 aromatic heterocycles. The summed E-state index contributed by atoms with van der Waals surface area (Å²) in [6, 6.07) is 0. The lowest BCUT2D eigenvalue weighted by molar-refractivity contribution is -0.133. The fourth-order valence-corrected chi connectivity index (χ4v) is 4.40. The fraction of sp³-hybridized carbons (Fsp3) is 0.312. The minimum atomic E-state index is -0.992. The van der Waals surface area contributed by atoms with Crippen molar-refractivity contribution < 1.29 is 19.8 Å². The van der Waals surface area contributed by atoms with Gasteiger partial charge in [0.1, 0.15) is 0 Å². The van der Waals surface area contributed by atoms with Crippen LogP contribution in [-0.4, -0.2) is 22.2 Å². The molecule has 4 heteroatoms. The van der Waals surface area contributed by atoms with Crippen molar-refractivity contribution in [2.45, 2.75) is 27.7 Å². The Labute approximate surface area is 215 Å². The number of carbonyl (C=O) groups is 2. The zero-order valence-electron chi connectivity index (χ0n) is 21.7. The molecule has 0 aromatic rings. The number of allylic oxidation sites excluding steroid dienone is 14. The van der Waals surface area contributed by atoms with Crippen LogP contribution >= 0.6 is 0 Å². The number of hydrogen-bond donors (Lipinski definition) is 2. The Morgan fingerprint density at radius 1 is 1.00 bits per heavy atom. The summed E-state index contributed by atoms with van der Waals surface area (Å²) in [5, 5.41) is 19.2. The van der Waals surface area contributed by atoms with Gasteiger partial charge in [0.15, 0.2) is 0 Å². The van der Waals surface area contributed by atoms with Crippen molar-refractivity contribution in [3.8, 4) is 0 Å². The third kappa shape index (κ3) is 7.67. The molecule has 5 atom stereocenters. The van der Waals surface area contributed by atoms with Gasteiger partial charge in [-0.25, -0.2) is 9.59 Å². The first-order valence-corrected chi connectivity index (χ1v) is 12.3. The smallest absolute Gasteiger partial charge is 0.335 e. The molecule has 4 nitrogen and oxygen atoms in total. The van der Waals surface area contributed by atoms with Crippen LogP contribution in [0.25, 0.3) is 0 Å². The molecule has 2 rings (SSSR count).